The minimum Gasteiger partial charge on any atom is -0.481 e. The van der Waals surface area contributed by atoms with Gasteiger partial charge in [-0.3, -0.25) is 86.3 Å². The standard InChI is InChI=1S/C98H141N25O23S4/c1-10-53(6)81(97(144)118-70(36-57-41-104-63-25-17-15-23-61(57)63)88(135)122-77(47-147)95(142)109-64(26-18-19-29-99)84(131)115-72(38-59-43-102-50-107-59)90(137)119-74(98(145)146)34-55-20-12-11-13-21-55)123-92(139)68(33-52(4)5)113-93(140)75(45-124)108-79(126)44-105-83(130)69(35-56-40-103-62-24-16-14-22-60(56)62)114-85(132)65(27-30-149-8)111-91(138)73(39-80(127)128)117-89(136)71(37-58-42-101-49-106-58)116-94(141)76(46-125)120-96(143)78(48-148)121-86(133)66(28-31-150-9)110-87(134)67(32-51(2)3)112-82(129)54(7)100/h11-17,20-25,40-43,49-54,64-78,81,103-104,124-125,147-148H,10,18-19,26-39,44-48,99-100H2,1-9H3,(H,101,106)(H,102,107)(H,105,130)(H,108,126)(H,109,142)(H,110,134)(H,111,138)(H,112,129)(H,113,140)(H,114,132)(H,115,131)(H,116,141)(H,117,136)(H,118,144)(H,119,137)(H,120,143)(H,121,133)(H,122,135)(H,123,139)(H,127,128)(H,145,146)/t53-,54-,64-,65-,66-,67-,68-,69-,70-,71-,72-,73-,74-,75-,76-,77-,78-,81-/m0/s1. The van der Waals surface area contributed by atoms with Gasteiger partial charge in [-0.2, -0.15) is 48.8 Å². The predicted octanol–water partition coefficient (Wildman–Crippen LogP) is -2.99. The zero-order chi connectivity index (χ0) is 110. The first-order valence-corrected chi connectivity index (χ1v) is 53.1. The van der Waals surface area contributed by atoms with E-state index in [9.17, 15) is 102 Å². The average molecular weight is 2170 g/mol. The van der Waals surface area contributed by atoms with Crippen LogP contribution in [0, 0.1) is 17.8 Å². The van der Waals surface area contributed by atoms with Crippen molar-refractivity contribution in [2.24, 2.45) is 29.2 Å². The first-order valence-electron chi connectivity index (χ1n) is 49.1. The average Bonchev–Trinajstić information content (AvgIpc) is 1.66. The number of H-pyrrole nitrogens is 4. The molecule has 4 heterocycles. The number of aliphatic hydroxyl groups excluding tert-OH is 2. The van der Waals surface area contributed by atoms with E-state index in [-0.39, 0.29) is 106 Å². The molecule has 0 radical (unpaired) electrons. The van der Waals surface area contributed by atoms with E-state index < -0.39 is 259 Å². The molecule has 7 rings (SSSR count). The summed E-state index contributed by atoms with van der Waals surface area (Å²) in [7, 11) is 0. The highest BCUT2D eigenvalue weighted by Gasteiger charge is 2.41. The molecule has 0 aliphatic heterocycles. The lowest BCUT2D eigenvalue weighted by Crippen LogP contribution is -2.62. The maximum Gasteiger partial charge on any atom is 0.326 e. The van der Waals surface area contributed by atoms with Gasteiger partial charge in [-0.15, -0.1) is 0 Å². The molecule has 7 aromatic rings. The van der Waals surface area contributed by atoms with E-state index in [1.54, 1.807) is 131 Å². The number of nitrogens with zero attached hydrogens (tertiary/aromatic N) is 2. The quantitative estimate of drug-likeness (QED) is 0.0133. The highest BCUT2D eigenvalue weighted by atomic mass is 32.2. The van der Waals surface area contributed by atoms with Crippen LogP contribution < -0.4 is 102 Å². The summed E-state index contributed by atoms with van der Waals surface area (Å²) in [6, 6.07) is -3.35. The highest BCUT2D eigenvalue weighted by molar-refractivity contribution is 7.98. The number of aliphatic carboxylic acids is 2. The van der Waals surface area contributed by atoms with Crippen LogP contribution in [0.25, 0.3) is 21.8 Å². The SMILES string of the molecule is CC[C@H](C)[C@H](NC(=O)[C@H](CC(C)C)NC(=O)[C@H](CO)NC(=O)CNC(=O)[C@H](Cc1c[nH]c2ccccc12)NC(=O)[C@H](CCSC)NC(=O)[C@H](CC(=O)O)NC(=O)[C@H](Cc1cnc[nH]1)NC(=O)[C@H](CO)NC(=O)[C@H](CS)NC(=O)[C@H](CCSC)NC(=O)[C@H](CC(C)C)NC(=O)[C@H](C)N)C(=O)N[C@@H](Cc1c[nH]c2ccccc12)C(=O)N[C@@H](CS)C(=O)N[C@@H](CCCCN)C(=O)N[C@@H](Cc1cnc[nH]1)C(=O)N[C@@H](Cc1ccccc1)C(=O)O. The third-order valence-electron chi connectivity index (χ3n) is 24.3. The Kier molecular flexibility index (Phi) is 52.1. The van der Waals surface area contributed by atoms with Crippen molar-refractivity contribution in [2.75, 3.05) is 61.8 Å². The largest absolute Gasteiger partial charge is 0.481 e. The number of fused-ring (bicyclic) bond motifs is 2. The lowest BCUT2D eigenvalue weighted by atomic mass is 9.95. The molecule has 3 aromatic carbocycles. The summed E-state index contributed by atoms with van der Waals surface area (Å²) in [5.74, 6) is -21.0. The molecule has 17 amide bonds. The molecule has 0 unspecified atom stereocenters. The molecule has 150 heavy (non-hydrogen) atoms. The van der Waals surface area contributed by atoms with Crippen LogP contribution in [0.15, 0.2) is 116 Å². The molecular weight excluding hydrogens is 2020 g/mol. The molecule has 0 aliphatic rings. The Balaban J connectivity index is 1.04. The third-order valence-corrected chi connectivity index (χ3v) is 26.3. The molecule has 0 saturated heterocycles. The van der Waals surface area contributed by atoms with Gasteiger partial charge in [0.1, 0.15) is 96.7 Å². The molecule has 0 aliphatic carbocycles. The zero-order valence-electron chi connectivity index (χ0n) is 84.9. The Morgan fingerprint density at radius 3 is 1.17 bits per heavy atom. The third kappa shape index (κ3) is 40.0. The van der Waals surface area contributed by atoms with Crippen molar-refractivity contribution in [1.82, 2.24) is 120 Å². The summed E-state index contributed by atoms with van der Waals surface area (Å²) < 4.78 is 0. The van der Waals surface area contributed by atoms with Gasteiger partial charge in [0.25, 0.3) is 0 Å². The van der Waals surface area contributed by atoms with Crippen LogP contribution >= 0.6 is 48.8 Å². The maximum atomic E-state index is 15.1. The van der Waals surface area contributed by atoms with Crippen LogP contribution in [0.4, 0.5) is 0 Å². The highest BCUT2D eigenvalue weighted by Crippen LogP contribution is 2.24. The van der Waals surface area contributed by atoms with Crippen LogP contribution in [-0.2, 0) is 123 Å². The number of hydrogen-bond donors (Lipinski definition) is 29. The number of amides is 17. The minimum absolute atomic E-state index is 0.0330. The topological polar surface area (TPSA) is 751 Å². The van der Waals surface area contributed by atoms with Gasteiger partial charge < -0.3 is 142 Å². The van der Waals surface area contributed by atoms with E-state index in [1.165, 1.54) is 55.5 Å². The number of thiol groups is 2. The first kappa shape index (κ1) is 123. The molecule has 29 N–H and O–H groups in total. The molecule has 0 bridgehead atoms. The van der Waals surface area contributed by atoms with Crippen molar-refractivity contribution in [1.29, 1.82) is 0 Å². The van der Waals surface area contributed by atoms with Gasteiger partial charge in [0.05, 0.1) is 44.9 Å². The van der Waals surface area contributed by atoms with E-state index >= 15 is 9.59 Å². The number of imidazole rings is 2. The number of nitrogens with two attached hydrogens (primary N) is 2. The van der Waals surface area contributed by atoms with Crippen molar-refractivity contribution >= 4 is 183 Å². The second-order valence-electron chi connectivity index (χ2n) is 37.0. The van der Waals surface area contributed by atoms with Crippen LogP contribution in [0.1, 0.15) is 134 Å². The second-order valence-corrected chi connectivity index (χ2v) is 39.7. The molecule has 18 atom stereocenters. The van der Waals surface area contributed by atoms with Gasteiger partial charge in [-0.25, -0.2) is 14.8 Å². The number of thioether (sulfide) groups is 2. The normalized spacial score (nSPS) is 14.9. The van der Waals surface area contributed by atoms with Gasteiger partial charge >= 0.3 is 11.9 Å². The van der Waals surface area contributed by atoms with Crippen molar-refractivity contribution in [3.63, 3.8) is 0 Å². The van der Waals surface area contributed by atoms with Crippen molar-refractivity contribution in [3.8, 4) is 0 Å². The predicted molar refractivity (Wildman–Crippen MR) is 565 cm³/mol. The number of carbonyl (C=O) groups excluding carboxylic acids is 17. The van der Waals surface area contributed by atoms with E-state index in [0.29, 0.717) is 56.4 Å². The number of para-hydroxylation sites is 2. The van der Waals surface area contributed by atoms with Gasteiger partial charge in [0.2, 0.25) is 100 Å². The fourth-order valence-corrected chi connectivity index (χ4v) is 17.3. The van der Waals surface area contributed by atoms with Crippen LogP contribution in [0.2, 0.25) is 0 Å². The van der Waals surface area contributed by atoms with Crippen molar-refractivity contribution < 1.29 is 112 Å². The number of rotatable bonds is 67. The smallest absolute Gasteiger partial charge is 0.326 e. The van der Waals surface area contributed by atoms with Crippen LogP contribution in [0.3, 0.4) is 0 Å². The molecule has 4 aromatic heterocycles. The van der Waals surface area contributed by atoms with E-state index in [4.69, 9.17) is 11.5 Å². The van der Waals surface area contributed by atoms with E-state index in [0.717, 1.165) is 0 Å². The molecular formula is C98H141N25O23S4. The number of hydrogen-bond acceptors (Lipinski definition) is 29. The number of carboxylic acid groups (broad SMARTS) is 2. The molecule has 48 nitrogen and oxygen atoms in total. The lowest BCUT2D eigenvalue weighted by molar-refractivity contribution is -0.142. The summed E-state index contributed by atoms with van der Waals surface area (Å²) in [6.45, 7) is 8.92. The van der Waals surface area contributed by atoms with Crippen LogP contribution in [0.5, 0.6) is 0 Å². The monoisotopic (exact) mass is 2160 g/mol. The van der Waals surface area contributed by atoms with E-state index in [2.05, 4.69) is 146 Å². The zero-order valence-corrected chi connectivity index (χ0v) is 88.3. The Morgan fingerprint density at radius 2 is 0.747 bits per heavy atom. The fourth-order valence-electron chi connectivity index (χ4n) is 15.8. The Morgan fingerprint density at radius 1 is 0.387 bits per heavy atom. The van der Waals surface area contributed by atoms with Gasteiger partial charge in [-0.05, 0) is 129 Å². The Bertz CT molecular complexity index is 5660. The van der Waals surface area contributed by atoms with Gasteiger partial charge in [0.15, 0.2) is 0 Å². The van der Waals surface area contributed by atoms with Gasteiger partial charge in [-0.1, -0.05) is 115 Å². The molecule has 0 saturated carbocycles. The number of benzene rings is 3. The van der Waals surface area contributed by atoms with Crippen molar-refractivity contribution in [2.45, 2.75) is 241 Å². The second kappa shape index (κ2) is 63.4. The first-order chi connectivity index (χ1) is 71.5. The molecule has 0 spiro atoms. The maximum absolute atomic E-state index is 15.1. The summed E-state index contributed by atoms with van der Waals surface area (Å²) in [5.41, 5.74) is 15.1. The number of aliphatic hydroxyl groups is 2. The van der Waals surface area contributed by atoms with Crippen molar-refractivity contribution in [3.05, 3.63) is 144 Å². The molecule has 0 fully saturated rings. The van der Waals surface area contributed by atoms with E-state index in [1.807, 2.05) is 13.8 Å². The number of nitrogens with one attached hydrogen (secondary N) is 21. The number of aromatic amines is 4. The van der Waals surface area contributed by atoms with Gasteiger partial charge in [0, 0.05) is 102 Å². The Labute approximate surface area is 886 Å². The number of unbranched alkanes of at least 4 members (excludes halogenated alkanes) is 1. The Hall–Kier alpha value is -13.7. The summed E-state index contributed by atoms with van der Waals surface area (Å²) in [4.78, 5) is 289. The number of carboxylic acids is 2. The number of carbonyl (C=O) groups is 19. The minimum atomic E-state index is -2.04. The molecule has 52 heteroatoms. The summed E-state index contributed by atoms with van der Waals surface area (Å²) in [6.07, 6.45) is 10.2. The van der Waals surface area contributed by atoms with Crippen LogP contribution in [-0.4, -0.2) is 327 Å². The fraction of sp³-hybridized carbons (Fsp3) is 0.520. The number of aromatic nitrogens is 6. The molecule has 820 valence electrons. The summed E-state index contributed by atoms with van der Waals surface area (Å²) in [5, 5.41) is 86.3. The summed E-state index contributed by atoms with van der Waals surface area (Å²) >= 11 is 11.2. The lowest BCUT2D eigenvalue weighted by Gasteiger charge is -2.30.